The maximum absolute atomic E-state index is 11.8. The zero-order chi connectivity index (χ0) is 12.8. The molecule has 1 aromatic carbocycles. The number of thioether (sulfide) groups is 1. The molecule has 0 bridgehead atoms. The van der Waals surface area contributed by atoms with Crippen LogP contribution in [-0.2, 0) is 11.3 Å². The van der Waals surface area contributed by atoms with E-state index in [1.807, 2.05) is 26.1 Å². The molecular weight excluding hydrogens is 232 g/mol. The summed E-state index contributed by atoms with van der Waals surface area (Å²) in [6.07, 6.45) is 0. The van der Waals surface area contributed by atoms with Crippen molar-refractivity contribution in [3.63, 3.8) is 0 Å². The van der Waals surface area contributed by atoms with Gasteiger partial charge >= 0.3 is 0 Å². The highest BCUT2D eigenvalue weighted by Gasteiger charge is 2.15. The zero-order valence-corrected chi connectivity index (χ0v) is 11.7. The summed E-state index contributed by atoms with van der Waals surface area (Å²) in [7, 11) is 5.51. The lowest BCUT2D eigenvalue weighted by molar-refractivity contribution is -0.127. The lowest BCUT2D eigenvalue weighted by atomic mass is 10.2. The van der Waals surface area contributed by atoms with Gasteiger partial charge in [0.2, 0.25) is 5.91 Å². The molecule has 3 nitrogen and oxygen atoms in total. The maximum atomic E-state index is 11.8. The summed E-state index contributed by atoms with van der Waals surface area (Å²) < 4.78 is 0. The first-order valence-electron chi connectivity index (χ1n) is 5.66. The number of rotatable bonds is 5. The third-order valence-corrected chi connectivity index (χ3v) is 3.46. The molecule has 0 aliphatic heterocycles. The van der Waals surface area contributed by atoms with E-state index in [0.29, 0.717) is 0 Å². The van der Waals surface area contributed by atoms with Crippen molar-refractivity contribution in [3.05, 3.63) is 29.8 Å². The average molecular weight is 252 g/mol. The van der Waals surface area contributed by atoms with Gasteiger partial charge in [-0.05, 0) is 31.7 Å². The Kier molecular flexibility index (Phi) is 5.51. The molecule has 0 fully saturated rings. The van der Waals surface area contributed by atoms with E-state index in [1.54, 1.807) is 30.8 Å². The summed E-state index contributed by atoms with van der Waals surface area (Å²) in [5, 5.41) is 3.07. The van der Waals surface area contributed by atoms with Crippen molar-refractivity contribution in [1.29, 1.82) is 0 Å². The van der Waals surface area contributed by atoms with Crippen LogP contribution in [0.4, 0.5) is 0 Å². The second kappa shape index (κ2) is 6.67. The zero-order valence-electron chi connectivity index (χ0n) is 10.9. The first kappa shape index (κ1) is 14.1. The number of nitrogens with zero attached hydrogens (tertiary/aromatic N) is 1. The molecule has 0 spiro atoms. The third-order valence-electron chi connectivity index (χ3n) is 2.38. The molecule has 1 unspecified atom stereocenters. The van der Waals surface area contributed by atoms with Gasteiger partial charge in [-0.1, -0.05) is 12.1 Å². The van der Waals surface area contributed by atoms with Crippen LogP contribution in [0.1, 0.15) is 12.5 Å². The first-order chi connectivity index (χ1) is 8.04. The second-order valence-electron chi connectivity index (χ2n) is 4.17. The molecule has 0 heterocycles. The van der Waals surface area contributed by atoms with Gasteiger partial charge in [0, 0.05) is 25.5 Å². The fourth-order valence-corrected chi connectivity index (χ4v) is 2.65. The molecular formula is C13H20N2OS. The Hall–Kier alpha value is -1.00. The van der Waals surface area contributed by atoms with Crippen LogP contribution in [0.2, 0.25) is 0 Å². The fraction of sp³-hybridized carbons (Fsp3) is 0.462. The van der Waals surface area contributed by atoms with Crippen LogP contribution in [-0.4, -0.2) is 37.2 Å². The smallest absolute Gasteiger partial charge is 0.235 e. The summed E-state index contributed by atoms with van der Waals surface area (Å²) in [6.45, 7) is 2.79. The van der Waals surface area contributed by atoms with Crippen LogP contribution in [0.3, 0.4) is 0 Å². The Morgan fingerprint density at radius 1 is 1.47 bits per heavy atom. The van der Waals surface area contributed by atoms with Gasteiger partial charge in [0.25, 0.3) is 0 Å². The van der Waals surface area contributed by atoms with Crippen molar-refractivity contribution in [2.24, 2.45) is 0 Å². The highest BCUT2D eigenvalue weighted by Crippen LogP contribution is 2.24. The summed E-state index contributed by atoms with van der Waals surface area (Å²) in [5.41, 5.74) is 1.24. The van der Waals surface area contributed by atoms with Gasteiger partial charge in [-0.3, -0.25) is 4.79 Å². The van der Waals surface area contributed by atoms with E-state index in [9.17, 15) is 4.79 Å². The van der Waals surface area contributed by atoms with E-state index in [1.165, 1.54) is 5.56 Å². The van der Waals surface area contributed by atoms with Crippen LogP contribution in [0.25, 0.3) is 0 Å². The molecule has 0 saturated carbocycles. The van der Waals surface area contributed by atoms with E-state index in [4.69, 9.17) is 0 Å². The molecule has 1 rings (SSSR count). The van der Waals surface area contributed by atoms with E-state index in [0.717, 1.165) is 11.4 Å². The summed E-state index contributed by atoms with van der Waals surface area (Å²) >= 11 is 1.60. The predicted octanol–water partition coefficient (Wildman–Crippen LogP) is 1.97. The monoisotopic (exact) mass is 252 g/mol. The molecule has 0 aliphatic rings. The Labute approximate surface area is 108 Å². The molecule has 0 aliphatic carbocycles. The Balaban J connectivity index is 2.68. The molecule has 1 N–H and O–H groups in total. The van der Waals surface area contributed by atoms with Crippen molar-refractivity contribution in [2.45, 2.75) is 23.6 Å². The number of benzene rings is 1. The number of carbonyl (C=O) groups is 1. The van der Waals surface area contributed by atoms with Gasteiger partial charge in [-0.2, -0.15) is 0 Å². The summed E-state index contributed by atoms with van der Waals surface area (Å²) in [5.74, 6) is 0.147. The van der Waals surface area contributed by atoms with Crippen LogP contribution in [0.15, 0.2) is 29.2 Å². The molecule has 0 saturated heterocycles. The maximum Gasteiger partial charge on any atom is 0.235 e. The molecule has 94 valence electrons. The molecule has 17 heavy (non-hydrogen) atoms. The molecule has 0 radical (unpaired) electrons. The van der Waals surface area contributed by atoms with Crippen LogP contribution in [0.5, 0.6) is 0 Å². The molecule has 1 atom stereocenters. The number of hydrogen-bond donors (Lipinski definition) is 1. The SMILES string of the molecule is CNCc1cccc(SC(C)C(=O)N(C)C)c1. The van der Waals surface area contributed by atoms with Crippen molar-refractivity contribution in [3.8, 4) is 0 Å². The number of hydrogen-bond acceptors (Lipinski definition) is 3. The van der Waals surface area contributed by atoms with E-state index in [2.05, 4.69) is 17.4 Å². The second-order valence-corrected chi connectivity index (χ2v) is 5.58. The van der Waals surface area contributed by atoms with E-state index in [-0.39, 0.29) is 11.2 Å². The van der Waals surface area contributed by atoms with Gasteiger partial charge in [-0.15, -0.1) is 11.8 Å². The topological polar surface area (TPSA) is 32.3 Å². The molecule has 4 heteroatoms. The summed E-state index contributed by atoms with van der Waals surface area (Å²) in [6, 6.07) is 8.28. The van der Waals surface area contributed by atoms with Gasteiger partial charge in [0.05, 0.1) is 5.25 Å². The lowest BCUT2D eigenvalue weighted by Gasteiger charge is -2.16. The average Bonchev–Trinajstić information content (AvgIpc) is 2.28. The highest BCUT2D eigenvalue weighted by atomic mass is 32.2. The highest BCUT2D eigenvalue weighted by molar-refractivity contribution is 8.00. The van der Waals surface area contributed by atoms with Gasteiger partial charge in [0.15, 0.2) is 0 Å². The quantitative estimate of drug-likeness (QED) is 0.813. The minimum atomic E-state index is -0.0464. The van der Waals surface area contributed by atoms with Crippen LogP contribution < -0.4 is 5.32 Å². The Morgan fingerprint density at radius 2 is 2.18 bits per heavy atom. The van der Waals surface area contributed by atoms with Crippen molar-refractivity contribution < 1.29 is 4.79 Å². The third kappa shape index (κ3) is 4.40. The predicted molar refractivity (Wildman–Crippen MR) is 73.2 cm³/mol. The standard InChI is InChI=1S/C13H20N2OS/c1-10(13(16)15(3)4)17-12-7-5-6-11(8-12)9-14-2/h5-8,10,14H,9H2,1-4H3. The lowest BCUT2D eigenvalue weighted by Crippen LogP contribution is -2.29. The molecule has 1 amide bonds. The summed E-state index contributed by atoms with van der Waals surface area (Å²) in [4.78, 5) is 14.5. The van der Waals surface area contributed by atoms with E-state index < -0.39 is 0 Å². The van der Waals surface area contributed by atoms with Crippen molar-refractivity contribution in [1.82, 2.24) is 10.2 Å². The first-order valence-corrected chi connectivity index (χ1v) is 6.54. The van der Waals surface area contributed by atoms with E-state index >= 15 is 0 Å². The van der Waals surface area contributed by atoms with Crippen LogP contribution >= 0.6 is 11.8 Å². The largest absolute Gasteiger partial charge is 0.348 e. The van der Waals surface area contributed by atoms with Gasteiger partial charge in [-0.25, -0.2) is 0 Å². The molecule has 1 aromatic rings. The van der Waals surface area contributed by atoms with Gasteiger partial charge < -0.3 is 10.2 Å². The minimum Gasteiger partial charge on any atom is -0.348 e. The normalized spacial score (nSPS) is 12.2. The number of nitrogens with one attached hydrogen (secondary N) is 1. The molecule has 0 aromatic heterocycles. The van der Waals surface area contributed by atoms with Gasteiger partial charge in [0.1, 0.15) is 0 Å². The van der Waals surface area contributed by atoms with Crippen LogP contribution in [0, 0.1) is 0 Å². The minimum absolute atomic E-state index is 0.0464. The Bertz CT molecular complexity index is 379. The number of carbonyl (C=O) groups excluding carboxylic acids is 1. The number of amides is 1. The fourth-order valence-electron chi connectivity index (χ4n) is 1.55. The van der Waals surface area contributed by atoms with Crippen molar-refractivity contribution in [2.75, 3.05) is 21.1 Å². The van der Waals surface area contributed by atoms with Crippen molar-refractivity contribution >= 4 is 17.7 Å². The Morgan fingerprint density at radius 3 is 2.76 bits per heavy atom.